The van der Waals surface area contributed by atoms with Gasteiger partial charge in [0.05, 0.1) is 5.56 Å². The van der Waals surface area contributed by atoms with Crippen molar-refractivity contribution in [1.29, 1.82) is 0 Å². The maximum absolute atomic E-state index is 13.6. The minimum Gasteiger partial charge on any atom is -0.294 e. The Hall–Kier alpha value is -1.88. The van der Waals surface area contributed by atoms with Gasteiger partial charge in [-0.25, -0.2) is 4.39 Å². The summed E-state index contributed by atoms with van der Waals surface area (Å²) in [6.45, 7) is 0. The number of ketones is 1. The van der Waals surface area contributed by atoms with Crippen molar-refractivity contribution in [3.05, 3.63) is 70.0 Å². The molecule has 0 atom stereocenters. The highest BCUT2D eigenvalue weighted by Crippen LogP contribution is 2.29. The van der Waals surface area contributed by atoms with Gasteiger partial charge in [0.25, 0.3) is 0 Å². The summed E-state index contributed by atoms with van der Waals surface area (Å²) in [6, 6.07) is 7.79. The maximum Gasteiger partial charge on any atom is 0.416 e. The fourth-order valence-corrected chi connectivity index (χ4v) is 2.04. The minimum atomic E-state index is -4.46. The first kappa shape index (κ1) is 15.5. The molecular weight excluding hydrogens is 308 g/mol. The normalized spacial score (nSPS) is 11.5. The van der Waals surface area contributed by atoms with E-state index in [2.05, 4.69) is 0 Å². The van der Waals surface area contributed by atoms with Crippen LogP contribution in [0.5, 0.6) is 0 Å². The molecule has 21 heavy (non-hydrogen) atoms. The largest absolute Gasteiger partial charge is 0.416 e. The van der Waals surface area contributed by atoms with Crippen LogP contribution in [-0.2, 0) is 12.6 Å². The fraction of sp³-hybridized carbons (Fsp3) is 0.133. The van der Waals surface area contributed by atoms with Gasteiger partial charge in [0, 0.05) is 22.6 Å². The molecular formula is C15H9ClF4O. The Balaban J connectivity index is 2.21. The molecule has 0 N–H and O–H groups in total. The highest BCUT2D eigenvalue weighted by Gasteiger charge is 2.30. The summed E-state index contributed by atoms with van der Waals surface area (Å²) < 4.78 is 50.8. The van der Waals surface area contributed by atoms with Crippen molar-refractivity contribution < 1.29 is 22.4 Å². The van der Waals surface area contributed by atoms with Gasteiger partial charge in [-0.05, 0) is 24.3 Å². The molecule has 0 saturated heterocycles. The van der Waals surface area contributed by atoms with Crippen LogP contribution in [0.4, 0.5) is 17.6 Å². The lowest BCUT2D eigenvalue weighted by molar-refractivity contribution is -0.137. The number of hydrogen-bond acceptors (Lipinski definition) is 1. The first-order valence-electron chi connectivity index (χ1n) is 5.92. The van der Waals surface area contributed by atoms with Gasteiger partial charge in [0.15, 0.2) is 5.78 Å². The van der Waals surface area contributed by atoms with Gasteiger partial charge in [-0.2, -0.15) is 13.2 Å². The van der Waals surface area contributed by atoms with Crippen molar-refractivity contribution in [2.24, 2.45) is 0 Å². The van der Waals surface area contributed by atoms with Crippen LogP contribution in [0.1, 0.15) is 21.5 Å². The molecule has 110 valence electrons. The van der Waals surface area contributed by atoms with E-state index >= 15 is 0 Å². The van der Waals surface area contributed by atoms with Gasteiger partial charge in [0.1, 0.15) is 5.82 Å². The Labute approximate surface area is 123 Å². The van der Waals surface area contributed by atoms with Crippen molar-refractivity contribution in [1.82, 2.24) is 0 Å². The third-order valence-corrected chi connectivity index (χ3v) is 3.29. The average molecular weight is 317 g/mol. The number of alkyl halides is 3. The molecule has 0 heterocycles. The molecule has 2 aromatic carbocycles. The van der Waals surface area contributed by atoms with Gasteiger partial charge >= 0.3 is 6.18 Å². The Kier molecular flexibility index (Phi) is 4.32. The molecule has 0 fully saturated rings. The molecule has 0 unspecified atom stereocenters. The minimum absolute atomic E-state index is 0.0315. The lowest BCUT2D eigenvalue weighted by Gasteiger charge is -2.08. The number of benzene rings is 2. The molecule has 0 saturated carbocycles. The zero-order valence-corrected chi connectivity index (χ0v) is 11.3. The van der Waals surface area contributed by atoms with Crippen LogP contribution >= 0.6 is 11.6 Å². The molecule has 0 aromatic heterocycles. The molecule has 1 nitrogen and oxygen atoms in total. The number of halogens is 5. The fourth-order valence-electron chi connectivity index (χ4n) is 1.81. The summed E-state index contributed by atoms with van der Waals surface area (Å²) >= 11 is 5.81. The summed E-state index contributed by atoms with van der Waals surface area (Å²) in [5.74, 6) is -1.13. The quantitative estimate of drug-likeness (QED) is 0.580. The molecule has 2 rings (SSSR count). The third-order valence-electron chi connectivity index (χ3n) is 2.93. The third kappa shape index (κ3) is 3.61. The van der Waals surface area contributed by atoms with Crippen LogP contribution in [0.2, 0.25) is 5.02 Å². The Morgan fingerprint density at radius 1 is 1.05 bits per heavy atom. The van der Waals surface area contributed by atoms with E-state index in [1.807, 2.05) is 0 Å². The second-order valence-corrected chi connectivity index (χ2v) is 4.78. The summed E-state index contributed by atoms with van der Waals surface area (Å²) in [5.41, 5.74) is -0.741. The van der Waals surface area contributed by atoms with Gasteiger partial charge < -0.3 is 0 Å². The first-order chi connectivity index (χ1) is 9.79. The monoisotopic (exact) mass is 316 g/mol. The molecule has 0 aliphatic carbocycles. The zero-order chi connectivity index (χ0) is 15.6. The first-order valence-corrected chi connectivity index (χ1v) is 6.30. The van der Waals surface area contributed by atoms with Crippen LogP contribution in [0, 0.1) is 5.82 Å². The highest BCUT2D eigenvalue weighted by molar-refractivity contribution is 6.31. The molecule has 0 aliphatic heterocycles. The average Bonchev–Trinajstić information content (AvgIpc) is 2.42. The van der Waals surface area contributed by atoms with E-state index in [1.165, 1.54) is 18.2 Å². The maximum atomic E-state index is 13.6. The van der Waals surface area contributed by atoms with Gasteiger partial charge in [-0.3, -0.25) is 4.79 Å². The van der Waals surface area contributed by atoms with E-state index in [9.17, 15) is 22.4 Å². The Morgan fingerprint density at radius 2 is 1.67 bits per heavy atom. The standard InChI is InChI=1S/C15H9ClF4O/c16-12-2-1-3-13(17)11(12)8-14(21)9-4-6-10(7-5-9)15(18,19)20/h1-7H,8H2. The van der Waals surface area contributed by atoms with Crippen molar-refractivity contribution in [3.8, 4) is 0 Å². The predicted octanol–water partition coefficient (Wildman–Crippen LogP) is 4.92. The summed E-state index contributed by atoms with van der Waals surface area (Å²) in [6.07, 6.45) is -4.77. The van der Waals surface area contributed by atoms with Crippen LogP contribution in [-0.4, -0.2) is 5.78 Å². The number of carbonyl (C=O) groups excluding carboxylic acids is 1. The predicted molar refractivity (Wildman–Crippen MR) is 70.9 cm³/mol. The molecule has 2 aromatic rings. The number of Topliss-reactive ketones (excluding diaryl/α,β-unsaturated/α-hetero) is 1. The lowest BCUT2D eigenvalue weighted by atomic mass is 10.0. The smallest absolute Gasteiger partial charge is 0.294 e. The van der Waals surface area contributed by atoms with Gasteiger partial charge in [0.2, 0.25) is 0 Å². The Bertz CT molecular complexity index is 642. The van der Waals surface area contributed by atoms with E-state index in [4.69, 9.17) is 11.6 Å². The molecule has 0 spiro atoms. The molecule has 0 amide bonds. The summed E-state index contributed by atoms with van der Waals surface area (Å²) in [5, 5.41) is 0.107. The number of rotatable bonds is 3. The van der Waals surface area contributed by atoms with Crippen molar-refractivity contribution >= 4 is 17.4 Å². The van der Waals surface area contributed by atoms with E-state index in [-0.39, 0.29) is 22.6 Å². The van der Waals surface area contributed by atoms with E-state index in [1.54, 1.807) is 0 Å². The van der Waals surface area contributed by atoms with Crippen LogP contribution in [0.25, 0.3) is 0 Å². The van der Waals surface area contributed by atoms with Crippen molar-refractivity contribution in [2.45, 2.75) is 12.6 Å². The van der Waals surface area contributed by atoms with Crippen molar-refractivity contribution in [3.63, 3.8) is 0 Å². The second kappa shape index (κ2) is 5.85. The van der Waals surface area contributed by atoms with Crippen LogP contribution in [0.3, 0.4) is 0 Å². The van der Waals surface area contributed by atoms with E-state index in [0.717, 1.165) is 24.3 Å². The van der Waals surface area contributed by atoms with Crippen LogP contribution < -0.4 is 0 Å². The topological polar surface area (TPSA) is 17.1 Å². The lowest BCUT2D eigenvalue weighted by Crippen LogP contribution is -2.08. The molecule has 0 radical (unpaired) electrons. The SMILES string of the molecule is O=C(Cc1c(F)cccc1Cl)c1ccc(C(F)(F)F)cc1. The molecule has 0 aliphatic rings. The summed E-state index contributed by atoms with van der Waals surface area (Å²) in [7, 11) is 0. The second-order valence-electron chi connectivity index (χ2n) is 4.38. The van der Waals surface area contributed by atoms with Crippen molar-refractivity contribution in [2.75, 3.05) is 0 Å². The zero-order valence-electron chi connectivity index (χ0n) is 10.5. The summed E-state index contributed by atoms with van der Waals surface area (Å²) in [4.78, 5) is 12.0. The molecule has 0 bridgehead atoms. The number of hydrogen-bond donors (Lipinski definition) is 0. The van der Waals surface area contributed by atoms with E-state index < -0.39 is 23.3 Å². The van der Waals surface area contributed by atoms with E-state index in [0.29, 0.717) is 0 Å². The molecule has 6 heteroatoms. The Morgan fingerprint density at radius 3 is 2.19 bits per heavy atom. The van der Waals surface area contributed by atoms with Gasteiger partial charge in [-0.1, -0.05) is 29.8 Å². The number of carbonyl (C=O) groups is 1. The van der Waals surface area contributed by atoms with Gasteiger partial charge in [-0.15, -0.1) is 0 Å². The van der Waals surface area contributed by atoms with Crippen LogP contribution in [0.15, 0.2) is 42.5 Å². The highest BCUT2D eigenvalue weighted by atomic mass is 35.5.